The van der Waals surface area contributed by atoms with Gasteiger partial charge in [-0.2, -0.15) is 0 Å². The molecule has 132 valence electrons. The zero-order chi connectivity index (χ0) is 17.5. The van der Waals surface area contributed by atoms with Gasteiger partial charge >= 0.3 is 0 Å². The molecule has 1 aliphatic heterocycles. The van der Waals surface area contributed by atoms with Gasteiger partial charge in [0.05, 0.1) is 30.3 Å². The summed E-state index contributed by atoms with van der Waals surface area (Å²) in [5, 5.41) is 5.90. The predicted octanol–water partition coefficient (Wildman–Crippen LogP) is 3.10. The highest BCUT2D eigenvalue weighted by atomic mass is 19.1. The summed E-state index contributed by atoms with van der Waals surface area (Å²) in [4.78, 5) is 14.3. The Morgan fingerprint density at radius 3 is 2.48 bits per heavy atom. The molecule has 2 aromatic rings. The van der Waals surface area contributed by atoms with Crippen molar-refractivity contribution >= 4 is 23.0 Å². The highest BCUT2D eigenvalue weighted by Crippen LogP contribution is 2.26. The van der Waals surface area contributed by atoms with Crippen molar-refractivity contribution in [1.29, 1.82) is 0 Å². The van der Waals surface area contributed by atoms with Gasteiger partial charge in [-0.15, -0.1) is 0 Å². The van der Waals surface area contributed by atoms with E-state index in [-0.39, 0.29) is 18.0 Å². The zero-order valence-electron chi connectivity index (χ0n) is 14.0. The van der Waals surface area contributed by atoms with Crippen LogP contribution in [-0.2, 0) is 9.53 Å². The molecule has 1 saturated heterocycles. The second-order valence-electron chi connectivity index (χ2n) is 5.82. The Balaban J connectivity index is 1.53. The number of morpholine rings is 1. The monoisotopic (exact) mass is 343 g/mol. The number of hydrogen-bond acceptors (Lipinski definition) is 4. The summed E-state index contributed by atoms with van der Waals surface area (Å²) in [6.45, 7) is 3.62. The van der Waals surface area contributed by atoms with Crippen LogP contribution in [0.2, 0.25) is 0 Å². The van der Waals surface area contributed by atoms with Crippen LogP contribution in [0.1, 0.15) is 6.42 Å². The first-order valence-corrected chi connectivity index (χ1v) is 8.44. The fraction of sp³-hybridized carbons (Fsp3) is 0.316. The van der Waals surface area contributed by atoms with E-state index in [1.54, 1.807) is 18.2 Å². The highest BCUT2D eigenvalue weighted by Gasteiger charge is 2.14. The van der Waals surface area contributed by atoms with Crippen molar-refractivity contribution in [2.75, 3.05) is 48.4 Å². The van der Waals surface area contributed by atoms with Gasteiger partial charge in [-0.1, -0.05) is 24.3 Å². The van der Waals surface area contributed by atoms with Crippen LogP contribution in [0.25, 0.3) is 0 Å². The fourth-order valence-electron chi connectivity index (χ4n) is 2.79. The van der Waals surface area contributed by atoms with Crippen LogP contribution in [-0.4, -0.2) is 38.8 Å². The van der Waals surface area contributed by atoms with Crippen molar-refractivity contribution in [3.05, 3.63) is 54.3 Å². The van der Waals surface area contributed by atoms with E-state index < -0.39 is 5.82 Å². The SMILES string of the molecule is O=C(CCNc1ccccc1N1CCOCC1)Nc1ccccc1F. The molecule has 5 nitrogen and oxygen atoms in total. The molecule has 1 aliphatic rings. The van der Waals surface area contributed by atoms with Gasteiger partial charge in [0.25, 0.3) is 0 Å². The van der Waals surface area contributed by atoms with Gasteiger partial charge in [0, 0.05) is 26.1 Å². The molecular weight excluding hydrogens is 321 g/mol. The van der Waals surface area contributed by atoms with Gasteiger partial charge < -0.3 is 20.3 Å². The van der Waals surface area contributed by atoms with Crippen LogP contribution in [0.15, 0.2) is 48.5 Å². The van der Waals surface area contributed by atoms with Gasteiger partial charge in [-0.3, -0.25) is 4.79 Å². The molecule has 3 rings (SSSR count). The first kappa shape index (κ1) is 17.2. The molecule has 6 heteroatoms. The van der Waals surface area contributed by atoms with E-state index in [2.05, 4.69) is 21.6 Å². The molecule has 1 heterocycles. The number of carbonyl (C=O) groups is 1. The van der Waals surface area contributed by atoms with Crippen LogP contribution in [0, 0.1) is 5.82 Å². The number of rotatable bonds is 6. The summed E-state index contributed by atoms with van der Waals surface area (Å²) in [5.41, 5.74) is 2.31. The molecule has 1 amide bonds. The number of halogens is 1. The Kier molecular flexibility index (Phi) is 5.85. The second-order valence-corrected chi connectivity index (χ2v) is 5.82. The Morgan fingerprint density at radius 2 is 1.72 bits per heavy atom. The fourth-order valence-corrected chi connectivity index (χ4v) is 2.79. The standard InChI is InChI=1S/C19H22FN3O2/c20-15-5-1-2-6-16(15)22-19(24)9-10-21-17-7-3-4-8-18(17)23-11-13-25-14-12-23/h1-8,21H,9-14H2,(H,22,24). The van der Waals surface area contributed by atoms with Crippen molar-refractivity contribution in [3.8, 4) is 0 Å². The number of nitrogens with one attached hydrogen (secondary N) is 2. The Morgan fingerprint density at radius 1 is 1.04 bits per heavy atom. The topological polar surface area (TPSA) is 53.6 Å². The molecule has 0 spiro atoms. The van der Waals surface area contributed by atoms with Gasteiger partial charge in [0.15, 0.2) is 0 Å². The minimum atomic E-state index is -0.429. The maximum absolute atomic E-state index is 13.5. The lowest BCUT2D eigenvalue weighted by Crippen LogP contribution is -2.36. The molecular formula is C19H22FN3O2. The molecule has 0 atom stereocenters. The Bertz CT molecular complexity index is 717. The minimum absolute atomic E-state index is 0.209. The van der Waals surface area contributed by atoms with Crippen molar-refractivity contribution in [2.24, 2.45) is 0 Å². The van der Waals surface area contributed by atoms with Crippen LogP contribution in [0.5, 0.6) is 0 Å². The Hall–Kier alpha value is -2.60. The number of anilines is 3. The molecule has 0 aromatic heterocycles. The minimum Gasteiger partial charge on any atom is -0.383 e. The van der Waals surface area contributed by atoms with Gasteiger partial charge in [0.1, 0.15) is 5.82 Å². The van der Waals surface area contributed by atoms with Crippen LogP contribution >= 0.6 is 0 Å². The smallest absolute Gasteiger partial charge is 0.226 e. The lowest BCUT2D eigenvalue weighted by Gasteiger charge is -2.30. The lowest BCUT2D eigenvalue weighted by atomic mass is 10.2. The van der Waals surface area contributed by atoms with Crippen LogP contribution in [0.3, 0.4) is 0 Å². The number of amides is 1. The molecule has 0 saturated carbocycles. The third kappa shape index (κ3) is 4.70. The van der Waals surface area contributed by atoms with E-state index in [0.717, 1.165) is 37.7 Å². The maximum Gasteiger partial charge on any atom is 0.226 e. The molecule has 2 N–H and O–H groups in total. The van der Waals surface area contributed by atoms with Crippen molar-refractivity contribution in [1.82, 2.24) is 0 Å². The predicted molar refractivity (Wildman–Crippen MR) is 97.6 cm³/mol. The van der Waals surface area contributed by atoms with E-state index in [1.165, 1.54) is 6.07 Å². The molecule has 1 fully saturated rings. The van der Waals surface area contributed by atoms with Crippen LogP contribution in [0.4, 0.5) is 21.5 Å². The molecule has 0 aliphatic carbocycles. The zero-order valence-corrected chi connectivity index (χ0v) is 14.0. The number of benzene rings is 2. The summed E-state index contributed by atoms with van der Waals surface area (Å²) in [5.74, 6) is -0.650. The third-order valence-electron chi connectivity index (χ3n) is 4.07. The quantitative estimate of drug-likeness (QED) is 0.846. The lowest BCUT2D eigenvalue weighted by molar-refractivity contribution is -0.116. The normalized spacial score (nSPS) is 14.2. The highest BCUT2D eigenvalue weighted by molar-refractivity contribution is 5.91. The van der Waals surface area contributed by atoms with E-state index in [9.17, 15) is 9.18 Å². The number of carbonyl (C=O) groups excluding carboxylic acids is 1. The average Bonchev–Trinajstić information content (AvgIpc) is 2.65. The summed E-state index contributed by atoms with van der Waals surface area (Å²) in [6, 6.07) is 14.2. The summed E-state index contributed by atoms with van der Waals surface area (Å²) in [7, 11) is 0. The molecule has 0 bridgehead atoms. The first-order chi connectivity index (χ1) is 12.2. The molecule has 0 unspecified atom stereocenters. The molecule has 25 heavy (non-hydrogen) atoms. The van der Waals surface area contributed by atoms with Crippen molar-refractivity contribution in [3.63, 3.8) is 0 Å². The summed E-state index contributed by atoms with van der Waals surface area (Å²) < 4.78 is 18.9. The van der Waals surface area contributed by atoms with E-state index in [4.69, 9.17) is 4.74 Å². The van der Waals surface area contributed by atoms with Gasteiger partial charge in [-0.25, -0.2) is 4.39 Å². The Labute approximate surface area is 146 Å². The average molecular weight is 343 g/mol. The van der Waals surface area contributed by atoms with Crippen molar-refractivity contribution in [2.45, 2.75) is 6.42 Å². The number of ether oxygens (including phenoxy) is 1. The van der Waals surface area contributed by atoms with Crippen LogP contribution < -0.4 is 15.5 Å². The number of para-hydroxylation sites is 3. The third-order valence-corrected chi connectivity index (χ3v) is 4.07. The van der Waals surface area contributed by atoms with E-state index in [1.807, 2.05) is 18.2 Å². The largest absolute Gasteiger partial charge is 0.383 e. The maximum atomic E-state index is 13.5. The van der Waals surface area contributed by atoms with Gasteiger partial charge in [-0.05, 0) is 24.3 Å². The molecule has 2 aromatic carbocycles. The first-order valence-electron chi connectivity index (χ1n) is 8.44. The summed E-state index contributed by atoms with van der Waals surface area (Å²) >= 11 is 0. The van der Waals surface area contributed by atoms with Gasteiger partial charge in [0.2, 0.25) is 5.91 Å². The van der Waals surface area contributed by atoms with Crippen molar-refractivity contribution < 1.29 is 13.9 Å². The van der Waals surface area contributed by atoms with E-state index in [0.29, 0.717) is 6.54 Å². The second kappa shape index (κ2) is 8.48. The molecule has 0 radical (unpaired) electrons. The number of hydrogen-bond donors (Lipinski definition) is 2. The summed E-state index contributed by atoms with van der Waals surface area (Å²) in [6.07, 6.45) is 0.256. The van der Waals surface area contributed by atoms with E-state index >= 15 is 0 Å². The number of nitrogens with zero attached hydrogens (tertiary/aromatic N) is 1.